The third-order valence-corrected chi connectivity index (χ3v) is 3.60. The van der Waals surface area contributed by atoms with Gasteiger partial charge in [-0.3, -0.25) is 0 Å². The van der Waals surface area contributed by atoms with Crippen LogP contribution in [0.4, 0.5) is 10.5 Å². The molecular formula is C12H13N3OS. The number of carbonyl (C=O) groups is 1. The number of anilines is 1. The van der Waals surface area contributed by atoms with Gasteiger partial charge in [-0.1, -0.05) is 0 Å². The second-order valence-corrected chi connectivity index (χ2v) is 5.52. The first-order valence-electron chi connectivity index (χ1n) is 5.65. The molecule has 0 spiro atoms. The number of nitrogens with one attached hydrogen (secondary N) is 2. The number of aromatic nitrogens is 1. The van der Waals surface area contributed by atoms with Crippen LogP contribution in [0.5, 0.6) is 0 Å². The van der Waals surface area contributed by atoms with Gasteiger partial charge in [0.15, 0.2) is 0 Å². The maximum absolute atomic E-state index is 11.6. The number of hydrogen-bond donors (Lipinski definition) is 2. The Balaban J connectivity index is 1.77. The van der Waals surface area contributed by atoms with Gasteiger partial charge in [-0.2, -0.15) is 0 Å². The van der Waals surface area contributed by atoms with Crippen LogP contribution in [0, 0.1) is 6.92 Å². The lowest BCUT2D eigenvalue weighted by Crippen LogP contribution is -2.30. The van der Waals surface area contributed by atoms with Crippen LogP contribution in [0.15, 0.2) is 18.2 Å². The molecule has 0 aliphatic heterocycles. The summed E-state index contributed by atoms with van der Waals surface area (Å²) in [5.41, 5.74) is 1.81. The molecule has 0 radical (unpaired) electrons. The van der Waals surface area contributed by atoms with Gasteiger partial charge in [-0.25, -0.2) is 9.78 Å². The summed E-state index contributed by atoms with van der Waals surface area (Å²) in [7, 11) is 0. The first-order chi connectivity index (χ1) is 8.20. The van der Waals surface area contributed by atoms with Crippen molar-refractivity contribution < 1.29 is 4.79 Å². The van der Waals surface area contributed by atoms with E-state index >= 15 is 0 Å². The minimum atomic E-state index is -0.118. The molecule has 2 amide bonds. The van der Waals surface area contributed by atoms with Gasteiger partial charge in [-0.05, 0) is 38.0 Å². The molecule has 1 saturated carbocycles. The predicted octanol–water partition coefficient (Wildman–Crippen LogP) is 2.89. The van der Waals surface area contributed by atoms with Gasteiger partial charge in [0.05, 0.1) is 15.2 Å². The van der Waals surface area contributed by atoms with Crippen LogP contribution >= 0.6 is 11.3 Å². The summed E-state index contributed by atoms with van der Waals surface area (Å²) in [6, 6.07) is 6.05. The average Bonchev–Trinajstić information content (AvgIpc) is 2.98. The Morgan fingerprint density at radius 1 is 1.47 bits per heavy atom. The molecule has 2 N–H and O–H groups in total. The zero-order valence-electron chi connectivity index (χ0n) is 9.49. The largest absolute Gasteiger partial charge is 0.335 e. The molecule has 0 atom stereocenters. The number of aryl methyl sites for hydroxylation is 1. The van der Waals surface area contributed by atoms with Crippen LogP contribution in [0.3, 0.4) is 0 Å². The van der Waals surface area contributed by atoms with Crippen molar-refractivity contribution in [3.8, 4) is 0 Å². The molecule has 4 nitrogen and oxygen atoms in total. The van der Waals surface area contributed by atoms with Crippen LogP contribution in [-0.2, 0) is 0 Å². The van der Waals surface area contributed by atoms with E-state index in [1.807, 2.05) is 25.1 Å². The first-order valence-corrected chi connectivity index (χ1v) is 6.47. The van der Waals surface area contributed by atoms with Crippen LogP contribution in [0.1, 0.15) is 17.8 Å². The van der Waals surface area contributed by atoms with Gasteiger partial charge in [0.25, 0.3) is 0 Å². The number of amides is 2. The molecule has 1 aliphatic rings. The third-order valence-electron chi connectivity index (χ3n) is 2.67. The van der Waals surface area contributed by atoms with Crippen LogP contribution in [0.25, 0.3) is 10.2 Å². The minimum Gasteiger partial charge on any atom is -0.335 e. The summed E-state index contributed by atoms with van der Waals surface area (Å²) in [6.45, 7) is 1.98. The fourth-order valence-corrected chi connectivity index (χ4v) is 2.56. The van der Waals surface area contributed by atoms with Crippen molar-refractivity contribution >= 4 is 33.3 Å². The maximum Gasteiger partial charge on any atom is 0.319 e. The first kappa shape index (κ1) is 10.5. The van der Waals surface area contributed by atoms with E-state index in [2.05, 4.69) is 15.6 Å². The highest BCUT2D eigenvalue weighted by Gasteiger charge is 2.23. The Bertz CT molecular complexity index is 574. The number of rotatable bonds is 2. The SMILES string of the molecule is Cc1nc2ccc(NC(=O)NC3CC3)cc2s1. The number of urea groups is 1. The molecule has 88 valence electrons. The van der Waals surface area contributed by atoms with Crippen molar-refractivity contribution in [2.24, 2.45) is 0 Å². The predicted molar refractivity (Wildman–Crippen MR) is 69.5 cm³/mol. The van der Waals surface area contributed by atoms with E-state index in [-0.39, 0.29) is 6.03 Å². The Labute approximate surface area is 103 Å². The summed E-state index contributed by atoms with van der Waals surface area (Å²) in [5.74, 6) is 0. The molecule has 1 fully saturated rings. The molecule has 1 aromatic heterocycles. The Hall–Kier alpha value is -1.62. The monoisotopic (exact) mass is 247 g/mol. The molecule has 3 rings (SSSR count). The number of fused-ring (bicyclic) bond motifs is 1. The number of hydrogen-bond acceptors (Lipinski definition) is 3. The summed E-state index contributed by atoms with van der Waals surface area (Å²) in [5, 5.41) is 6.78. The topological polar surface area (TPSA) is 54.0 Å². The quantitative estimate of drug-likeness (QED) is 0.857. The van der Waals surface area contributed by atoms with E-state index < -0.39 is 0 Å². The van der Waals surface area contributed by atoms with Gasteiger partial charge in [0, 0.05) is 11.7 Å². The number of carbonyl (C=O) groups excluding carboxylic acids is 1. The smallest absolute Gasteiger partial charge is 0.319 e. The third kappa shape index (κ3) is 2.39. The van der Waals surface area contributed by atoms with Crippen molar-refractivity contribution in [2.75, 3.05) is 5.32 Å². The van der Waals surface area contributed by atoms with E-state index in [9.17, 15) is 4.79 Å². The molecular weight excluding hydrogens is 234 g/mol. The van der Waals surface area contributed by atoms with Crippen molar-refractivity contribution in [1.29, 1.82) is 0 Å². The molecule has 1 aromatic carbocycles. The van der Waals surface area contributed by atoms with Crippen molar-refractivity contribution in [2.45, 2.75) is 25.8 Å². The van der Waals surface area contributed by atoms with Gasteiger partial charge in [0.2, 0.25) is 0 Å². The summed E-state index contributed by atoms with van der Waals surface area (Å²) in [4.78, 5) is 16.0. The highest BCUT2D eigenvalue weighted by Crippen LogP contribution is 2.25. The highest BCUT2D eigenvalue weighted by molar-refractivity contribution is 7.18. The zero-order chi connectivity index (χ0) is 11.8. The lowest BCUT2D eigenvalue weighted by molar-refractivity contribution is 0.251. The fraction of sp³-hybridized carbons (Fsp3) is 0.333. The van der Waals surface area contributed by atoms with Crippen LogP contribution in [0.2, 0.25) is 0 Å². The second-order valence-electron chi connectivity index (χ2n) is 4.29. The van der Waals surface area contributed by atoms with Crippen molar-refractivity contribution in [1.82, 2.24) is 10.3 Å². The highest BCUT2D eigenvalue weighted by atomic mass is 32.1. The Kier molecular flexibility index (Phi) is 2.48. The van der Waals surface area contributed by atoms with Crippen LogP contribution < -0.4 is 10.6 Å². The lowest BCUT2D eigenvalue weighted by atomic mass is 10.3. The number of nitrogens with zero attached hydrogens (tertiary/aromatic N) is 1. The molecule has 5 heteroatoms. The standard InChI is InChI=1S/C12H13N3OS/c1-7-13-10-5-4-9(6-11(10)17-7)15-12(16)14-8-2-3-8/h4-6,8H,2-3H2,1H3,(H2,14,15,16). The molecule has 0 unspecified atom stereocenters. The molecule has 17 heavy (non-hydrogen) atoms. The zero-order valence-corrected chi connectivity index (χ0v) is 10.3. The summed E-state index contributed by atoms with van der Waals surface area (Å²) >= 11 is 1.64. The fourth-order valence-electron chi connectivity index (χ4n) is 1.70. The molecule has 0 bridgehead atoms. The van der Waals surface area contributed by atoms with Gasteiger partial charge >= 0.3 is 6.03 Å². The van der Waals surface area contributed by atoms with Gasteiger partial charge in [-0.15, -0.1) is 11.3 Å². The Morgan fingerprint density at radius 2 is 2.29 bits per heavy atom. The minimum absolute atomic E-state index is 0.118. The van der Waals surface area contributed by atoms with Gasteiger partial charge < -0.3 is 10.6 Å². The van der Waals surface area contributed by atoms with E-state index in [4.69, 9.17) is 0 Å². The van der Waals surface area contributed by atoms with Crippen LogP contribution in [-0.4, -0.2) is 17.1 Å². The lowest BCUT2D eigenvalue weighted by Gasteiger charge is -2.05. The molecule has 0 saturated heterocycles. The summed E-state index contributed by atoms with van der Waals surface area (Å²) < 4.78 is 1.10. The average molecular weight is 247 g/mol. The normalized spacial score (nSPS) is 14.9. The summed E-state index contributed by atoms with van der Waals surface area (Å²) in [6.07, 6.45) is 2.20. The molecule has 2 aromatic rings. The van der Waals surface area contributed by atoms with Gasteiger partial charge in [0.1, 0.15) is 0 Å². The molecule has 1 aliphatic carbocycles. The van der Waals surface area contributed by atoms with E-state index in [0.717, 1.165) is 33.8 Å². The van der Waals surface area contributed by atoms with E-state index in [0.29, 0.717) is 6.04 Å². The number of thiazole rings is 1. The second kappa shape index (κ2) is 4.00. The maximum atomic E-state index is 11.6. The van der Waals surface area contributed by atoms with E-state index in [1.165, 1.54) is 0 Å². The van der Waals surface area contributed by atoms with Crippen molar-refractivity contribution in [3.63, 3.8) is 0 Å². The Morgan fingerprint density at radius 3 is 3.06 bits per heavy atom. The van der Waals surface area contributed by atoms with E-state index in [1.54, 1.807) is 11.3 Å². The number of benzene rings is 1. The molecule has 1 heterocycles. The van der Waals surface area contributed by atoms with Crippen molar-refractivity contribution in [3.05, 3.63) is 23.2 Å².